The Labute approximate surface area is 422 Å². The van der Waals surface area contributed by atoms with Crippen molar-refractivity contribution < 1.29 is 9.59 Å². The smallest absolute Gasteiger partial charge is 0.261 e. The van der Waals surface area contributed by atoms with Crippen LogP contribution in [0.3, 0.4) is 0 Å². The molecule has 6 aromatic heterocycles. The Morgan fingerprint density at radius 3 is 1.16 bits per heavy atom. The Balaban J connectivity index is 1.23. The molecule has 2 N–H and O–H groups in total. The van der Waals surface area contributed by atoms with Crippen LogP contribution in [0.2, 0.25) is 0 Å². The molecule has 2 amide bonds. The molecule has 352 valence electrons. The van der Waals surface area contributed by atoms with Gasteiger partial charge in [-0.15, -0.1) is 68.0 Å². The number of carbonyl (C=O) groups is 2. The van der Waals surface area contributed by atoms with Gasteiger partial charge in [0.15, 0.2) is 0 Å². The van der Waals surface area contributed by atoms with E-state index in [1.54, 1.807) is 56.7 Å². The summed E-state index contributed by atoms with van der Waals surface area (Å²) in [6.45, 7) is 10.3. The van der Waals surface area contributed by atoms with Crippen LogP contribution in [0.1, 0.15) is 145 Å². The van der Waals surface area contributed by atoms with E-state index >= 15 is 9.59 Å². The molecule has 0 saturated heterocycles. The zero-order chi connectivity index (χ0) is 46.9. The lowest BCUT2D eigenvalue weighted by atomic mass is 9.94. The summed E-state index contributed by atoms with van der Waals surface area (Å²) in [5, 5.41) is 10.3. The molecule has 0 spiro atoms. The molecule has 2 aliphatic heterocycles. The van der Waals surface area contributed by atoms with Gasteiger partial charge in [-0.2, -0.15) is 5.26 Å². The first-order chi connectivity index (χ1) is 32.7. The van der Waals surface area contributed by atoms with Crippen molar-refractivity contribution in [1.82, 2.24) is 9.80 Å². The molecule has 0 radical (unpaired) electrons. The third kappa shape index (κ3) is 11.4. The van der Waals surface area contributed by atoms with E-state index in [0.717, 1.165) is 120 Å². The number of nitrogens with two attached hydrogens (primary N) is 1. The van der Waals surface area contributed by atoms with Crippen LogP contribution in [-0.2, 0) is 9.59 Å². The van der Waals surface area contributed by atoms with Crippen LogP contribution >= 0.6 is 68.0 Å². The third-order valence-electron chi connectivity index (χ3n) is 13.1. The first kappa shape index (κ1) is 49.3. The lowest BCUT2D eigenvalue weighted by Crippen LogP contribution is -2.34. The average Bonchev–Trinajstić information content (AvgIpc) is 4.19. The fourth-order valence-corrected chi connectivity index (χ4v) is 15.6. The molecule has 0 aromatic carbocycles. The van der Waals surface area contributed by atoms with Gasteiger partial charge in [-0.05, 0) is 110 Å². The molecule has 6 aromatic rings. The summed E-state index contributed by atoms with van der Waals surface area (Å²) in [6.07, 6.45) is 18.3. The number of thiophene rings is 6. The summed E-state index contributed by atoms with van der Waals surface area (Å²) < 4.78 is 0. The highest BCUT2D eigenvalue weighted by atomic mass is 32.1. The zero-order valence-electron chi connectivity index (χ0n) is 39.5. The summed E-state index contributed by atoms with van der Waals surface area (Å²) in [7, 11) is 0. The number of nitrogen functional groups attached to an aromatic ring is 1. The molecule has 2 aliphatic rings. The van der Waals surface area contributed by atoms with E-state index in [9.17, 15) is 5.26 Å². The number of anilines is 1. The van der Waals surface area contributed by atoms with E-state index in [-0.39, 0.29) is 11.8 Å². The molecular formula is C55H64N4O2S6. The second kappa shape index (κ2) is 23.5. The molecule has 2 unspecified atom stereocenters. The van der Waals surface area contributed by atoms with Gasteiger partial charge >= 0.3 is 0 Å². The standard InChI is InChI=1S/C55H64N4O2S6/c1-5-9-13-15-19-36(17-11-7-3)34-58-52(47-29-27-43(65-47)41-24-23-40(63-41)39-22-21-38(33-56)62-39)50-51(55(58)61)53(59(54(50)60)35-37(18-12-8-4)20-16-14-10-6-2)48-30-28-44(66-48)42-25-26-45(64-42)46-31-32-49(57)67-46/h21-32,36-37H,5-20,34-35,57H2,1-4H3. The van der Waals surface area contributed by atoms with Crippen molar-refractivity contribution in [3.63, 3.8) is 0 Å². The molecule has 0 aliphatic carbocycles. The van der Waals surface area contributed by atoms with Gasteiger partial charge in [-0.3, -0.25) is 9.59 Å². The van der Waals surface area contributed by atoms with Gasteiger partial charge in [-0.1, -0.05) is 105 Å². The Bertz CT molecular complexity index is 2730. The average molecular weight is 1010 g/mol. The molecule has 0 fully saturated rings. The second-order valence-electron chi connectivity index (χ2n) is 18.1. The fraction of sp³-hybridized carbons (Fsp3) is 0.436. The van der Waals surface area contributed by atoms with Crippen LogP contribution in [0.4, 0.5) is 5.00 Å². The van der Waals surface area contributed by atoms with E-state index in [4.69, 9.17) is 5.73 Å². The van der Waals surface area contributed by atoms with Crippen molar-refractivity contribution >= 4 is 96.2 Å². The minimum Gasteiger partial charge on any atom is -0.391 e. The summed E-state index contributed by atoms with van der Waals surface area (Å²) in [6, 6.07) is 27.6. The summed E-state index contributed by atoms with van der Waals surface area (Å²) in [5.41, 5.74) is 8.91. The van der Waals surface area contributed by atoms with E-state index in [0.29, 0.717) is 40.9 Å². The molecule has 0 bridgehead atoms. The van der Waals surface area contributed by atoms with Crippen LogP contribution in [0.25, 0.3) is 50.4 Å². The van der Waals surface area contributed by atoms with E-state index < -0.39 is 0 Å². The van der Waals surface area contributed by atoms with Crippen LogP contribution < -0.4 is 5.73 Å². The number of amides is 2. The Morgan fingerprint density at radius 2 is 0.791 bits per heavy atom. The van der Waals surface area contributed by atoms with Crippen LogP contribution in [0, 0.1) is 23.2 Å². The Morgan fingerprint density at radius 1 is 0.448 bits per heavy atom. The molecule has 12 heteroatoms. The molecule has 8 heterocycles. The number of nitriles is 1. The third-order valence-corrected chi connectivity index (χ3v) is 20.2. The molecule has 0 saturated carbocycles. The van der Waals surface area contributed by atoms with Gasteiger partial charge in [0.25, 0.3) is 11.8 Å². The van der Waals surface area contributed by atoms with Gasteiger partial charge in [0.05, 0.1) is 37.3 Å². The predicted octanol–water partition coefficient (Wildman–Crippen LogP) is 17.5. The van der Waals surface area contributed by atoms with Crippen molar-refractivity contribution in [1.29, 1.82) is 5.26 Å². The number of unbranched alkanes of at least 4 members (excludes halogenated alkanes) is 8. The summed E-state index contributed by atoms with van der Waals surface area (Å²) >= 11 is 9.98. The van der Waals surface area contributed by atoms with Crippen LogP contribution in [0.5, 0.6) is 0 Å². The highest BCUT2D eigenvalue weighted by Crippen LogP contribution is 2.52. The molecule has 8 rings (SSSR count). The number of hydrogen-bond acceptors (Lipinski definition) is 10. The summed E-state index contributed by atoms with van der Waals surface area (Å²) in [4.78, 5) is 47.2. The number of nitrogens with zero attached hydrogens (tertiary/aromatic N) is 3. The molecular weight excluding hydrogens is 941 g/mol. The maximum Gasteiger partial charge on any atom is 0.261 e. The van der Waals surface area contributed by atoms with Crippen molar-refractivity contribution in [3.8, 4) is 45.1 Å². The Kier molecular flexibility index (Phi) is 17.3. The van der Waals surface area contributed by atoms with Crippen LogP contribution in [0.15, 0.2) is 83.9 Å². The minimum atomic E-state index is -0.0260. The number of hydrogen-bond donors (Lipinski definition) is 1. The van der Waals surface area contributed by atoms with Gasteiger partial charge < -0.3 is 15.5 Å². The molecule has 67 heavy (non-hydrogen) atoms. The highest BCUT2D eigenvalue weighted by molar-refractivity contribution is 7.28. The van der Waals surface area contributed by atoms with E-state index in [1.165, 1.54) is 59.6 Å². The van der Waals surface area contributed by atoms with Crippen LogP contribution in [-0.4, -0.2) is 34.7 Å². The maximum absolute atomic E-state index is 15.7. The lowest BCUT2D eigenvalue weighted by molar-refractivity contribution is -0.124. The van der Waals surface area contributed by atoms with Crippen molar-refractivity contribution in [3.05, 3.63) is 98.6 Å². The number of fused-ring (bicyclic) bond motifs is 1. The van der Waals surface area contributed by atoms with E-state index in [2.05, 4.69) is 88.4 Å². The fourth-order valence-electron chi connectivity index (χ4n) is 9.55. The van der Waals surface area contributed by atoms with Crippen molar-refractivity contribution in [2.75, 3.05) is 18.8 Å². The zero-order valence-corrected chi connectivity index (χ0v) is 44.4. The summed E-state index contributed by atoms with van der Waals surface area (Å²) in [5.74, 6) is 0.637. The second-order valence-corrected chi connectivity index (χ2v) is 24.7. The predicted molar refractivity (Wildman–Crippen MR) is 292 cm³/mol. The SMILES string of the molecule is CCCCCCC(CCCC)CN1C(=O)C2=C(c3ccc(-c4ccc(-c5ccc(C#N)s5)s4)s3)N(CC(CCCC)CCCCCC)C(=O)C2=C1c1ccc(-c2ccc(-c3ccc(N)s3)s2)s1. The normalized spacial score (nSPS) is 14.9. The molecule has 6 nitrogen and oxygen atoms in total. The number of rotatable bonds is 26. The Hall–Kier alpha value is -4.09. The van der Waals surface area contributed by atoms with Gasteiger partial charge in [0.1, 0.15) is 10.9 Å². The van der Waals surface area contributed by atoms with Gasteiger partial charge in [0.2, 0.25) is 0 Å². The monoisotopic (exact) mass is 1000 g/mol. The first-order valence-electron chi connectivity index (χ1n) is 24.6. The first-order valence-corrected chi connectivity index (χ1v) is 29.5. The van der Waals surface area contributed by atoms with Crippen molar-refractivity contribution in [2.24, 2.45) is 11.8 Å². The quantitative estimate of drug-likeness (QED) is 0.0548. The highest BCUT2D eigenvalue weighted by Gasteiger charge is 2.50. The van der Waals surface area contributed by atoms with Crippen molar-refractivity contribution in [2.45, 2.75) is 130 Å². The van der Waals surface area contributed by atoms with Gasteiger partial charge in [0, 0.05) is 52.1 Å². The maximum atomic E-state index is 15.7. The largest absolute Gasteiger partial charge is 0.391 e. The number of carbonyl (C=O) groups excluding carboxylic acids is 2. The topological polar surface area (TPSA) is 90.4 Å². The minimum absolute atomic E-state index is 0.0260. The molecule has 2 atom stereocenters. The lowest BCUT2D eigenvalue weighted by Gasteiger charge is -2.29. The van der Waals surface area contributed by atoms with E-state index in [1.807, 2.05) is 28.0 Å². The van der Waals surface area contributed by atoms with Gasteiger partial charge in [-0.25, -0.2) is 0 Å².